The van der Waals surface area contributed by atoms with Gasteiger partial charge in [0, 0.05) is 19.2 Å². The number of carbonyl (C=O) groups is 1. The highest BCUT2D eigenvalue weighted by atomic mass is 19.1. The highest BCUT2D eigenvalue weighted by molar-refractivity contribution is 5.87. The molecule has 0 saturated heterocycles. The molecule has 1 amide bonds. The van der Waals surface area contributed by atoms with Crippen molar-refractivity contribution in [2.45, 2.75) is 13.5 Å². The zero-order valence-electron chi connectivity index (χ0n) is 9.77. The monoisotopic (exact) mass is 232 g/mol. The molecule has 0 aliphatic rings. The summed E-state index contributed by atoms with van der Waals surface area (Å²) in [6.45, 7) is 1.88. The van der Waals surface area contributed by atoms with E-state index in [4.69, 9.17) is 5.26 Å². The maximum absolute atomic E-state index is 13.5. The van der Waals surface area contributed by atoms with Crippen molar-refractivity contribution in [3.8, 4) is 6.07 Å². The van der Waals surface area contributed by atoms with Crippen LogP contribution in [-0.4, -0.2) is 17.9 Å². The largest absolute Gasteiger partial charge is 0.338 e. The fourth-order valence-electron chi connectivity index (χ4n) is 1.37. The minimum atomic E-state index is -0.413. The lowest BCUT2D eigenvalue weighted by molar-refractivity contribution is -0.125. The molecule has 88 valence electrons. The van der Waals surface area contributed by atoms with E-state index in [0.29, 0.717) is 11.1 Å². The third kappa shape index (κ3) is 3.42. The van der Waals surface area contributed by atoms with E-state index in [0.717, 1.165) is 0 Å². The van der Waals surface area contributed by atoms with E-state index in [2.05, 4.69) is 0 Å². The molecule has 0 unspecified atom stereocenters. The van der Waals surface area contributed by atoms with Crippen LogP contribution >= 0.6 is 0 Å². The second kappa shape index (κ2) is 5.80. The lowest BCUT2D eigenvalue weighted by atomic mass is 10.1. The van der Waals surface area contributed by atoms with Gasteiger partial charge in [0.05, 0.1) is 11.6 Å². The second-order valence-electron chi connectivity index (χ2n) is 3.61. The number of nitriles is 1. The van der Waals surface area contributed by atoms with Crippen LogP contribution in [0.4, 0.5) is 4.39 Å². The summed E-state index contributed by atoms with van der Waals surface area (Å²) in [6, 6.07) is 6.04. The summed E-state index contributed by atoms with van der Waals surface area (Å²) < 4.78 is 13.5. The van der Waals surface area contributed by atoms with Gasteiger partial charge in [0.2, 0.25) is 5.91 Å². The van der Waals surface area contributed by atoms with Gasteiger partial charge in [-0.1, -0.05) is 6.08 Å². The van der Waals surface area contributed by atoms with E-state index in [1.54, 1.807) is 20.0 Å². The Balaban J connectivity index is 2.88. The summed E-state index contributed by atoms with van der Waals surface area (Å²) in [4.78, 5) is 12.9. The SMILES string of the molecule is CC=CC(=O)N(C)Cc1cc(C#N)ccc1F. The van der Waals surface area contributed by atoms with Crippen LogP contribution in [0.3, 0.4) is 0 Å². The van der Waals surface area contributed by atoms with E-state index in [9.17, 15) is 9.18 Å². The van der Waals surface area contributed by atoms with Gasteiger partial charge in [-0.05, 0) is 31.2 Å². The number of halogens is 1. The number of benzene rings is 1. The summed E-state index contributed by atoms with van der Waals surface area (Å²) >= 11 is 0. The molecule has 0 saturated carbocycles. The second-order valence-corrected chi connectivity index (χ2v) is 3.61. The molecule has 1 rings (SSSR count). The molecule has 17 heavy (non-hydrogen) atoms. The van der Waals surface area contributed by atoms with Crippen LogP contribution in [-0.2, 0) is 11.3 Å². The number of hydrogen-bond acceptors (Lipinski definition) is 2. The molecule has 0 heterocycles. The van der Waals surface area contributed by atoms with Crippen LogP contribution in [0.15, 0.2) is 30.4 Å². The number of hydrogen-bond donors (Lipinski definition) is 0. The van der Waals surface area contributed by atoms with Crippen molar-refractivity contribution < 1.29 is 9.18 Å². The van der Waals surface area contributed by atoms with Gasteiger partial charge in [-0.2, -0.15) is 5.26 Å². The van der Waals surface area contributed by atoms with Crippen molar-refractivity contribution in [2.75, 3.05) is 7.05 Å². The number of rotatable bonds is 3. The average molecular weight is 232 g/mol. The van der Waals surface area contributed by atoms with Gasteiger partial charge in [0.25, 0.3) is 0 Å². The van der Waals surface area contributed by atoms with Gasteiger partial charge in [-0.3, -0.25) is 4.79 Å². The molecular weight excluding hydrogens is 219 g/mol. The number of carbonyl (C=O) groups excluding carboxylic acids is 1. The standard InChI is InChI=1S/C13H13FN2O/c1-3-4-13(17)16(2)9-11-7-10(8-15)5-6-12(11)14/h3-7H,9H2,1-2H3. The molecule has 0 aliphatic carbocycles. The molecule has 0 bridgehead atoms. The number of allylic oxidation sites excluding steroid dienone is 1. The van der Waals surface area contributed by atoms with Gasteiger partial charge < -0.3 is 4.90 Å². The summed E-state index contributed by atoms with van der Waals surface area (Å²) in [5.41, 5.74) is 0.720. The zero-order chi connectivity index (χ0) is 12.8. The van der Waals surface area contributed by atoms with E-state index >= 15 is 0 Å². The summed E-state index contributed by atoms with van der Waals surface area (Å²) in [5.74, 6) is -0.613. The maximum Gasteiger partial charge on any atom is 0.246 e. The predicted molar refractivity (Wildman–Crippen MR) is 62.4 cm³/mol. The lowest BCUT2D eigenvalue weighted by Gasteiger charge is -2.15. The number of amides is 1. The molecule has 0 atom stereocenters. The summed E-state index contributed by atoms with van der Waals surface area (Å²) in [5, 5.41) is 8.72. The molecule has 4 heteroatoms. The quantitative estimate of drug-likeness (QED) is 0.750. The molecule has 0 N–H and O–H groups in total. The third-order valence-corrected chi connectivity index (χ3v) is 2.27. The number of nitrogens with zero attached hydrogens (tertiary/aromatic N) is 2. The van der Waals surface area contributed by atoms with Crippen molar-refractivity contribution in [1.29, 1.82) is 5.26 Å². The van der Waals surface area contributed by atoms with Crippen LogP contribution in [0.1, 0.15) is 18.1 Å². The van der Waals surface area contributed by atoms with Crippen LogP contribution in [0.5, 0.6) is 0 Å². The zero-order valence-corrected chi connectivity index (χ0v) is 9.77. The van der Waals surface area contributed by atoms with Crippen molar-refractivity contribution >= 4 is 5.91 Å². The first-order valence-electron chi connectivity index (χ1n) is 5.14. The Labute approximate surface area is 99.8 Å². The maximum atomic E-state index is 13.5. The van der Waals surface area contributed by atoms with Crippen molar-refractivity contribution in [3.63, 3.8) is 0 Å². The Morgan fingerprint density at radius 3 is 2.88 bits per heavy atom. The Morgan fingerprint density at radius 2 is 2.29 bits per heavy atom. The fraction of sp³-hybridized carbons (Fsp3) is 0.231. The molecule has 0 aromatic heterocycles. The van der Waals surface area contributed by atoms with Gasteiger partial charge in [-0.25, -0.2) is 4.39 Å². The summed E-state index contributed by atoms with van der Waals surface area (Å²) in [7, 11) is 1.58. The van der Waals surface area contributed by atoms with Crippen molar-refractivity contribution in [1.82, 2.24) is 4.90 Å². The normalized spacial score (nSPS) is 10.2. The molecule has 1 aromatic carbocycles. The summed E-state index contributed by atoms with van der Waals surface area (Å²) in [6.07, 6.45) is 3.03. The van der Waals surface area contributed by atoms with Crippen molar-refractivity contribution in [3.05, 3.63) is 47.3 Å². The van der Waals surface area contributed by atoms with E-state index in [1.807, 2.05) is 6.07 Å². The predicted octanol–water partition coefficient (Wildman–Crippen LogP) is 2.23. The molecule has 3 nitrogen and oxygen atoms in total. The Kier molecular flexibility index (Phi) is 4.41. The smallest absolute Gasteiger partial charge is 0.246 e. The number of likely N-dealkylation sites (N-methyl/N-ethyl adjacent to an activating group) is 1. The van der Waals surface area contributed by atoms with Gasteiger partial charge in [-0.15, -0.1) is 0 Å². The van der Waals surface area contributed by atoms with Crippen LogP contribution in [0.2, 0.25) is 0 Å². The van der Waals surface area contributed by atoms with Gasteiger partial charge >= 0.3 is 0 Å². The highest BCUT2D eigenvalue weighted by Crippen LogP contribution is 2.12. The Morgan fingerprint density at radius 1 is 1.59 bits per heavy atom. The van der Waals surface area contributed by atoms with Crippen LogP contribution in [0, 0.1) is 17.1 Å². The highest BCUT2D eigenvalue weighted by Gasteiger charge is 2.09. The lowest BCUT2D eigenvalue weighted by Crippen LogP contribution is -2.24. The first-order valence-corrected chi connectivity index (χ1v) is 5.14. The average Bonchev–Trinajstić information content (AvgIpc) is 2.32. The van der Waals surface area contributed by atoms with E-state index in [1.165, 1.54) is 29.2 Å². The first-order chi connectivity index (χ1) is 8.08. The third-order valence-electron chi connectivity index (χ3n) is 2.27. The van der Waals surface area contributed by atoms with Crippen molar-refractivity contribution in [2.24, 2.45) is 0 Å². The van der Waals surface area contributed by atoms with Gasteiger partial charge in [0.1, 0.15) is 5.82 Å². The van der Waals surface area contributed by atoms with Crippen LogP contribution in [0.25, 0.3) is 0 Å². The Bertz CT molecular complexity index is 489. The van der Waals surface area contributed by atoms with E-state index in [-0.39, 0.29) is 12.5 Å². The molecular formula is C13H13FN2O. The first kappa shape index (κ1) is 12.9. The molecule has 0 radical (unpaired) electrons. The molecule has 1 aromatic rings. The molecule has 0 aliphatic heterocycles. The Hall–Kier alpha value is -2.15. The topological polar surface area (TPSA) is 44.1 Å². The minimum absolute atomic E-state index is 0.143. The molecule has 0 fully saturated rings. The fourth-order valence-corrected chi connectivity index (χ4v) is 1.37. The van der Waals surface area contributed by atoms with Crippen LogP contribution < -0.4 is 0 Å². The van der Waals surface area contributed by atoms with E-state index < -0.39 is 5.82 Å². The minimum Gasteiger partial charge on any atom is -0.338 e. The molecule has 0 spiro atoms. The van der Waals surface area contributed by atoms with Gasteiger partial charge in [0.15, 0.2) is 0 Å².